The summed E-state index contributed by atoms with van der Waals surface area (Å²) in [6, 6.07) is 12.4. The van der Waals surface area contributed by atoms with Gasteiger partial charge >= 0.3 is 0 Å². The number of hydrogen-bond donors (Lipinski definition) is 1. The van der Waals surface area contributed by atoms with E-state index in [0.717, 1.165) is 5.56 Å². The monoisotopic (exact) mass is 275 g/mol. The first kappa shape index (κ1) is 13.4. The van der Waals surface area contributed by atoms with Crippen molar-refractivity contribution in [3.8, 4) is 5.75 Å². The molecule has 0 saturated heterocycles. The number of carbonyl (C=O) groups excluding carboxylic acids is 1. The molecular weight excluding hydrogens is 262 g/mol. The van der Waals surface area contributed by atoms with Crippen molar-refractivity contribution in [1.82, 2.24) is 0 Å². The first-order chi connectivity index (χ1) is 9.10. The van der Waals surface area contributed by atoms with Crippen molar-refractivity contribution in [3.63, 3.8) is 0 Å². The van der Waals surface area contributed by atoms with E-state index in [1.54, 1.807) is 37.4 Å². The number of anilines is 1. The maximum Gasteiger partial charge on any atom is 0.255 e. The van der Waals surface area contributed by atoms with Gasteiger partial charge in [-0.25, -0.2) is 0 Å². The van der Waals surface area contributed by atoms with Crippen LogP contribution in [0.15, 0.2) is 42.5 Å². The molecule has 2 aromatic carbocycles. The number of ether oxygens (including phenoxy) is 1. The summed E-state index contributed by atoms with van der Waals surface area (Å²) in [7, 11) is 1.56. The minimum atomic E-state index is -0.218. The Bertz CT molecular complexity index is 611. The van der Waals surface area contributed by atoms with Gasteiger partial charge in [0.1, 0.15) is 5.75 Å². The van der Waals surface area contributed by atoms with Gasteiger partial charge in [-0.1, -0.05) is 23.7 Å². The Morgan fingerprint density at radius 1 is 1.21 bits per heavy atom. The van der Waals surface area contributed by atoms with E-state index in [9.17, 15) is 4.79 Å². The number of nitrogens with one attached hydrogen (secondary N) is 1. The van der Waals surface area contributed by atoms with Crippen LogP contribution >= 0.6 is 11.6 Å². The Morgan fingerprint density at radius 3 is 2.68 bits per heavy atom. The summed E-state index contributed by atoms with van der Waals surface area (Å²) in [4.78, 5) is 12.1. The van der Waals surface area contributed by atoms with Gasteiger partial charge in [0.2, 0.25) is 0 Å². The van der Waals surface area contributed by atoms with Crippen LogP contribution in [0, 0.1) is 6.92 Å². The van der Waals surface area contributed by atoms with Crippen LogP contribution in [0.2, 0.25) is 5.02 Å². The molecule has 0 bridgehead atoms. The predicted octanol–water partition coefficient (Wildman–Crippen LogP) is 3.91. The van der Waals surface area contributed by atoms with Crippen LogP contribution in [0.4, 0.5) is 5.69 Å². The molecule has 0 aromatic heterocycles. The van der Waals surface area contributed by atoms with Crippen molar-refractivity contribution in [2.45, 2.75) is 6.92 Å². The number of halogens is 1. The molecule has 2 aromatic rings. The third-order valence-electron chi connectivity index (χ3n) is 2.70. The van der Waals surface area contributed by atoms with Crippen LogP contribution in [-0.2, 0) is 0 Å². The van der Waals surface area contributed by atoms with Crippen molar-refractivity contribution in [3.05, 3.63) is 58.6 Å². The van der Waals surface area contributed by atoms with Gasteiger partial charge in [0.25, 0.3) is 5.91 Å². The van der Waals surface area contributed by atoms with Gasteiger partial charge in [0, 0.05) is 5.56 Å². The first-order valence-electron chi connectivity index (χ1n) is 5.81. The summed E-state index contributed by atoms with van der Waals surface area (Å²) in [5.41, 5.74) is 2.17. The predicted molar refractivity (Wildman–Crippen MR) is 77.1 cm³/mol. The average molecular weight is 276 g/mol. The molecule has 0 fully saturated rings. The van der Waals surface area contributed by atoms with E-state index < -0.39 is 0 Å². The quantitative estimate of drug-likeness (QED) is 0.922. The van der Waals surface area contributed by atoms with Gasteiger partial charge < -0.3 is 10.1 Å². The second-order valence-corrected chi connectivity index (χ2v) is 4.58. The highest BCUT2D eigenvalue weighted by molar-refractivity contribution is 6.34. The van der Waals surface area contributed by atoms with Crippen LogP contribution in [0.25, 0.3) is 0 Å². The molecule has 1 amide bonds. The van der Waals surface area contributed by atoms with Crippen LogP contribution < -0.4 is 10.1 Å². The second-order valence-electron chi connectivity index (χ2n) is 4.17. The van der Waals surface area contributed by atoms with Gasteiger partial charge in [0.15, 0.2) is 0 Å². The molecule has 1 N–H and O–H groups in total. The van der Waals surface area contributed by atoms with Crippen molar-refractivity contribution in [2.24, 2.45) is 0 Å². The summed E-state index contributed by atoms with van der Waals surface area (Å²) >= 11 is 6.08. The van der Waals surface area contributed by atoms with Gasteiger partial charge in [-0.2, -0.15) is 0 Å². The molecule has 3 nitrogen and oxygen atoms in total. The number of rotatable bonds is 3. The lowest BCUT2D eigenvalue weighted by Crippen LogP contribution is -2.12. The lowest BCUT2D eigenvalue weighted by Gasteiger charge is -2.08. The van der Waals surface area contributed by atoms with Crippen molar-refractivity contribution >= 4 is 23.2 Å². The second kappa shape index (κ2) is 5.76. The van der Waals surface area contributed by atoms with Crippen molar-refractivity contribution in [2.75, 3.05) is 12.4 Å². The normalized spacial score (nSPS) is 10.1. The van der Waals surface area contributed by atoms with E-state index >= 15 is 0 Å². The van der Waals surface area contributed by atoms with E-state index in [0.29, 0.717) is 22.0 Å². The SMILES string of the molecule is COc1cccc(C(=O)Nc2ccc(C)cc2Cl)c1. The molecule has 0 aliphatic heterocycles. The molecule has 0 radical (unpaired) electrons. The number of aryl methyl sites for hydroxylation is 1. The summed E-state index contributed by atoms with van der Waals surface area (Å²) in [6.45, 7) is 1.94. The van der Waals surface area contributed by atoms with Crippen molar-refractivity contribution < 1.29 is 9.53 Å². The highest BCUT2D eigenvalue weighted by Crippen LogP contribution is 2.23. The van der Waals surface area contributed by atoms with Crippen molar-refractivity contribution in [1.29, 1.82) is 0 Å². The molecule has 0 unspecified atom stereocenters. The fraction of sp³-hybridized carbons (Fsp3) is 0.133. The van der Waals surface area contributed by atoms with Gasteiger partial charge in [-0.15, -0.1) is 0 Å². The van der Waals surface area contributed by atoms with Crippen LogP contribution in [0.5, 0.6) is 5.75 Å². The smallest absolute Gasteiger partial charge is 0.255 e. The van der Waals surface area contributed by atoms with E-state index in [1.807, 2.05) is 19.1 Å². The summed E-state index contributed by atoms with van der Waals surface area (Å²) in [6.07, 6.45) is 0. The van der Waals surface area contributed by atoms with E-state index in [-0.39, 0.29) is 5.91 Å². The molecule has 0 atom stereocenters. The van der Waals surface area contributed by atoms with Gasteiger partial charge in [0.05, 0.1) is 17.8 Å². The minimum Gasteiger partial charge on any atom is -0.497 e. The zero-order chi connectivity index (χ0) is 13.8. The average Bonchev–Trinajstić information content (AvgIpc) is 2.42. The number of methoxy groups -OCH3 is 1. The Kier molecular flexibility index (Phi) is 4.07. The maximum absolute atomic E-state index is 12.1. The number of amides is 1. The highest BCUT2D eigenvalue weighted by atomic mass is 35.5. The summed E-state index contributed by atoms with van der Waals surface area (Å²) in [5.74, 6) is 0.423. The number of benzene rings is 2. The lowest BCUT2D eigenvalue weighted by molar-refractivity contribution is 0.102. The maximum atomic E-state index is 12.1. The first-order valence-corrected chi connectivity index (χ1v) is 6.19. The minimum absolute atomic E-state index is 0.218. The fourth-order valence-corrected chi connectivity index (χ4v) is 1.96. The number of hydrogen-bond acceptors (Lipinski definition) is 2. The third kappa shape index (κ3) is 3.26. The molecule has 0 aliphatic carbocycles. The third-order valence-corrected chi connectivity index (χ3v) is 3.02. The molecule has 98 valence electrons. The molecule has 2 rings (SSSR count). The molecule has 0 saturated carbocycles. The van der Waals surface area contributed by atoms with Crippen LogP contribution in [0.1, 0.15) is 15.9 Å². The molecular formula is C15H14ClNO2. The zero-order valence-electron chi connectivity index (χ0n) is 10.7. The molecule has 4 heteroatoms. The highest BCUT2D eigenvalue weighted by Gasteiger charge is 2.09. The standard InChI is InChI=1S/C15H14ClNO2/c1-10-6-7-14(13(16)8-10)17-15(18)11-4-3-5-12(9-11)19-2/h3-9H,1-2H3,(H,17,18). The molecule has 0 heterocycles. The molecule has 19 heavy (non-hydrogen) atoms. The Labute approximate surface area is 117 Å². The van der Waals surface area contributed by atoms with E-state index in [4.69, 9.17) is 16.3 Å². The van der Waals surface area contributed by atoms with Gasteiger partial charge in [-0.3, -0.25) is 4.79 Å². The molecule has 0 spiro atoms. The summed E-state index contributed by atoms with van der Waals surface area (Å²) < 4.78 is 5.09. The van der Waals surface area contributed by atoms with Crippen LogP contribution in [-0.4, -0.2) is 13.0 Å². The van der Waals surface area contributed by atoms with E-state index in [2.05, 4.69) is 5.32 Å². The fourth-order valence-electron chi connectivity index (χ4n) is 1.68. The van der Waals surface area contributed by atoms with Crippen LogP contribution in [0.3, 0.4) is 0 Å². The number of carbonyl (C=O) groups is 1. The largest absolute Gasteiger partial charge is 0.497 e. The zero-order valence-corrected chi connectivity index (χ0v) is 11.5. The molecule has 0 aliphatic rings. The Morgan fingerprint density at radius 2 is 2.00 bits per heavy atom. The van der Waals surface area contributed by atoms with E-state index in [1.165, 1.54) is 0 Å². The van der Waals surface area contributed by atoms with Gasteiger partial charge in [-0.05, 0) is 42.8 Å². The Balaban J connectivity index is 2.20. The summed E-state index contributed by atoms with van der Waals surface area (Å²) in [5, 5.41) is 3.30. The topological polar surface area (TPSA) is 38.3 Å². The Hall–Kier alpha value is -2.00. The lowest BCUT2D eigenvalue weighted by atomic mass is 10.2.